The largest absolute Gasteiger partial charge is 0.369 e. The van der Waals surface area contributed by atoms with E-state index in [4.69, 9.17) is 0 Å². The lowest BCUT2D eigenvalue weighted by atomic mass is 10.0. The third-order valence-corrected chi connectivity index (χ3v) is 5.32. The fraction of sp³-hybridized carbons (Fsp3) is 0.391. The number of rotatable bonds is 6. The van der Waals surface area contributed by atoms with Crippen molar-refractivity contribution in [2.45, 2.75) is 26.3 Å². The standard InChI is InChI=1S/C23H29FN4O2/c1-16(25-23(30)14-18-4-7-20(8-5-18)26-17(2)29)21-15-19(24)6-9-22(21)28-12-10-27(3)11-13-28/h4-9,15-16H,10-14H2,1-3H3,(H,25,30)(H,26,29). The average molecular weight is 413 g/mol. The summed E-state index contributed by atoms with van der Waals surface area (Å²) in [5.41, 5.74) is 3.29. The predicted octanol–water partition coefficient (Wildman–Crippen LogP) is 2.96. The summed E-state index contributed by atoms with van der Waals surface area (Å²) in [6, 6.07) is 11.6. The molecule has 2 N–H and O–H groups in total. The number of likely N-dealkylation sites (N-methyl/N-ethyl adjacent to an activating group) is 1. The van der Waals surface area contributed by atoms with Crippen molar-refractivity contribution in [2.75, 3.05) is 43.4 Å². The number of anilines is 2. The second-order valence-corrected chi connectivity index (χ2v) is 7.84. The molecule has 1 atom stereocenters. The fourth-order valence-electron chi connectivity index (χ4n) is 3.67. The van der Waals surface area contributed by atoms with Gasteiger partial charge in [0.15, 0.2) is 0 Å². The highest BCUT2D eigenvalue weighted by Gasteiger charge is 2.21. The number of halogens is 1. The van der Waals surface area contributed by atoms with Gasteiger partial charge in [-0.2, -0.15) is 0 Å². The van der Waals surface area contributed by atoms with E-state index in [0.717, 1.165) is 43.0 Å². The van der Waals surface area contributed by atoms with Crippen molar-refractivity contribution >= 4 is 23.2 Å². The lowest BCUT2D eigenvalue weighted by molar-refractivity contribution is -0.121. The average Bonchev–Trinajstić information content (AvgIpc) is 2.70. The van der Waals surface area contributed by atoms with E-state index in [2.05, 4.69) is 27.5 Å². The smallest absolute Gasteiger partial charge is 0.224 e. The van der Waals surface area contributed by atoms with Crippen LogP contribution in [0.4, 0.5) is 15.8 Å². The van der Waals surface area contributed by atoms with Crippen LogP contribution in [0.3, 0.4) is 0 Å². The van der Waals surface area contributed by atoms with Crippen molar-refractivity contribution in [1.29, 1.82) is 0 Å². The van der Waals surface area contributed by atoms with Crippen LogP contribution in [0.25, 0.3) is 0 Å². The number of hydrogen-bond donors (Lipinski definition) is 2. The van der Waals surface area contributed by atoms with Gasteiger partial charge in [0.1, 0.15) is 5.82 Å². The molecule has 3 rings (SSSR count). The minimum Gasteiger partial charge on any atom is -0.369 e. The Hall–Kier alpha value is -2.93. The maximum absolute atomic E-state index is 14.0. The molecule has 0 aliphatic carbocycles. The molecule has 0 radical (unpaired) electrons. The first-order chi connectivity index (χ1) is 14.3. The number of carbonyl (C=O) groups excluding carboxylic acids is 2. The number of benzene rings is 2. The highest BCUT2D eigenvalue weighted by atomic mass is 19.1. The summed E-state index contributed by atoms with van der Waals surface area (Å²) in [6.45, 7) is 6.97. The lowest BCUT2D eigenvalue weighted by Crippen LogP contribution is -2.45. The van der Waals surface area contributed by atoms with Crippen molar-refractivity contribution in [3.63, 3.8) is 0 Å². The molecule has 2 aromatic carbocycles. The van der Waals surface area contributed by atoms with E-state index in [1.165, 1.54) is 19.1 Å². The van der Waals surface area contributed by atoms with Gasteiger partial charge in [0, 0.05) is 50.0 Å². The Labute approximate surface area is 177 Å². The molecule has 1 unspecified atom stereocenters. The van der Waals surface area contributed by atoms with Crippen molar-refractivity contribution < 1.29 is 14.0 Å². The first-order valence-electron chi connectivity index (χ1n) is 10.2. The molecule has 6 nitrogen and oxygen atoms in total. The quantitative estimate of drug-likeness (QED) is 0.766. The maximum atomic E-state index is 14.0. The summed E-state index contributed by atoms with van der Waals surface area (Å²) in [4.78, 5) is 28.2. The molecular formula is C23H29FN4O2. The van der Waals surface area contributed by atoms with E-state index in [9.17, 15) is 14.0 Å². The number of nitrogens with one attached hydrogen (secondary N) is 2. The number of piperazine rings is 1. The third kappa shape index (κ3) is 5.79. The fourth-order valence-corrected chi connectivity index (χ4v) is 3.67. The van der Waals surface area contributed by atoms with Crippen LogP contribution in [0.5, 0.6) is 0 Å². The molecule has 1 aliphatic heterocycles. The first kappa shape index (κ1) is 21.8. The molecule has 0 aromatic heterocycles. The molecule has 0 saturated carbocycles. The number of amides is 2. The van der Waals surface area contributed by atoms with E-state index in [1.54, 1.807) is 18.2 Å². The minimum absolute atomic E-state index is 0.136. The van der Waals surface area contributed by atoms with Gasteiger partial charge in [0.05, 0.1) is 12.5 Å². The van der Waals surface area contributed by atoms with Gasteiger partial charge in [-0.3, -0.25) is 9.59 Å². The molecule has 0 bridgehead atoms. The Morgan fingerprint density at radius 2 is 1.73 bits per heavy atom. The molecule has 1 saturated heterocycles. The van der Waals surface area contributed by atoms with E-state index < -0.39 is 0 Å². The zero-order chi connectivity index (χ0) is 21.7. The zero-order valence-electron chi connectivity index (χ0n) is 17.7. The second-order valence-electron chi connectivity index (χ2n) is 7.84. The van der Waals surface area contributed by atoms with E-state index in [0.29, 0.717) is 5.69 Å². The first-order valence-corrected chi connectivity index (χ1v) is 10.2. The maximum Gasteiger partial charge on any atom is 0.224 e. The highest BCUT2D eigenvalue weighted by molar-refractivity contribution is 5.88. The predicted molar refractivity (Wildman–Crippen MR) is 117 cm³/mol. The molecule has 0 spiro atoms. The van der Waals surface area contributed by atoms with Crippen LogP contribution < -0.4 is 15.5 Å². The molecule has 30 heavy (non-hydrogen) atoms. The highest BCUT2D eigenvalue weighted by Crippen LogP contribution is 2.28. The molecule has 2 amide bonds. The number of hydrogen-bond acceptors (Lipinski definition) is 4. The third-order valence-electron chi connectivity index (χ3n) is 5.32. The summed E-state index contributed by atoms with van der Waals surface area (Å²) in [6.07, 6.45) is 0.212. The Morgan fingerprint density at radius 1 is 1.07 bits per heavy atom. The van der Waals surface area contributed by atoms with Gasteiger partial charge in [-0.25, -0.2) is 4.39 Å². The van der Waals surface area contributed by atoms with Crippen LogP contribution >= 0.6 is 0 Å². The zero-order valence-corrected chi connectivity index (χ0v) is 17.7. The van der Waals surface area contributed by atoms with Crippen LogP contribution in [-0.4, -0.2) is 49.9 Å². The summed E-state index contributed by atoms with van der Waals surface area (Å²) in [5, 5.41) is 5.70. The lowest BCUT2D eigenvalue weighted by Gasteiger charge is -2.36. The van der Waals surface area contributed by atoms with Crippen molar-refractivity contribution in [2.24, 2.45) is 0 Å². The van der Waals surface area contributed by atoms with Crippen molar-refractivity contribution in [1.82, 2.24) is 10.2 Å². The Morgan fingerprint density at radius 3 is 2.37 bits per heavy atom. The molecule has 160 valence electrons. The number of carbonyl (C=O) groups is 2. The van der Waals surface area contributed by atoms with Crippen LogP contribution in [0.15, 0.2) is 42.5 Å². The van der Waals surface area contributed by atoms with Gasteiger partial charge in [-0.15, -0.1) is 0 Å². The molecule has 1 aliphatic rings. The second kappa shape index (κ2) is 9.71. The van der Waals surface area contributed by atoms with Crippen LogP contribution in [-0.2, 0) is 16.0 Å². The minimum atomic E-state index is -0.318. The van der Waals surface area contributed by atoms with Gasteiger partial charge >= 0.3 is 0 Å². The van der Waals surface area contributed by atoms with Crippen molar-refractivity contribution in [3.8, 4) is 0 Å². The molecule has 1 fully saturated rings. The molecule has 7 heteroatoms. The Bertz CT molecular complexity index is 893. The van der Waals surface area contributed by atoms with E-state index >= 15 is 0 Å². The molecular weight excluding hydrogens is 383 g/mol. The number of nitrogens with zero attached hydrogens (tertiary/aromatic N) is 2. The molecule has 1 heterocycles. The van der Waals surface area contributed by atoms with E-state index in [1.807, 2.05) is 19.1 Å². The van der Waals surface area contributed by atoms with Crippen LogP contribution in [0.2, 0.25) is 0 Å². The van der Waals surface area contributed by atoms with Crippen molar-refractivity contribution in [3.05, 3.63) is 59.4 Å². The SMILES string of the molecule is CC(=O)Nc1ccc(CC(=O)NC(C)c2cc(F)ccc2N2CCN(C)CC2)cc1. The monoisotopic (exact) mass is 412 g/mol. The topological polar surface area (TPSA) is 64.7 Å². The van der Waals surface area contributed by atoms with Crippen LogP contribution in [0, 0.1) is 5.82 Å². The summed E-state index contributed by atoms with van der Waals surface area (Å²) >= 11 is 0. The normalized spacial score (nSPS) is 15.5. The van der Waals surface area contributed by atoms with Crippen LogP contribution in [0.1, 0.15) is 31.0 Å². The van der Waals surface area contributed by atoms with Gasteiger partial charge in [-0.05, 0) is 49.9 Å². The van der Waals surface area contributed by atoms with Gasteiger partial charge in [-0.1, -0.05) is 12.1 Å². The summed E-state index contributed by atoms with van der Waals surface area (Å²) in [7, 11) is 2.09. The Kier molecular flexibility index (Phi) is 7.05. The van der Waals surface area contributed by atoms with Gasteiger partial charge in [0.2, 0.25) is 11.8 Å². The molecule has 2 aromatic rings. The Balaban J connectivity index is 1.66. The summed E-state index contributed by atoms with van der Waals surface area (Å²) in [5.74, 6) is -0.582. The van der Waals surface area contributed by atoms with Gasteiger partial charge < -0.3 is 20.4 Å². The van der Waals surface area contributed by atoms with Gasteiger partial charge in [0.25, 0.3) is 0 Å². The summed E-state index contributed by atoms with van der Waals surface area (Å²) < 4.78 is 14.0. The van der Waals surface area contributed by atoms with E-state index in [-0.39, 0.29) is 30.1 Å².